The van der Waals surface area contributed by atoms with Crippen LogP contribution < -0.4 is 10.6 Å². The van der Waals surface area contributed by atoms with Crippen LogP contribution in [0, 0.1) is 0 Å². The number of hydrogen-bond acceptors (Lipinski definition) is 3. The number of benzene rings is 2. The Balaban J connectivity index is 2.09. The maximum Gasteiger partial charge on any atom is 0.0661 e. The van der Waals surface area contributed by atoms with Gasteiger partial charge in [0.05, 0.1) is 12.1 Å². The van der Waals surface area contributed by atoms with Gasteiger partial charge in [0, 0.05) is 18.8 Å². The molecule has 0 bridgehead atoms. The summed E-state index contributed by atoms with van der Waals surface area (Å²) in [6.45, 7) is 3.81. The SMILES string of the molecule is CCN(CCC(N)(CO)c1ccccc1)c1ccccc1. The van der Waals surface area contributed by atoms with Crippen molar-refractivity contribution in [1.29, 1.82) is 0 Å². The first-order valence-electron chi connectivity index (χ1n) is 7.45. The molecule has 0 aromatic heterocycles. The summed E-state index contributed by atoms with van der Waals surface area (Å²) in [6, 6.07) is 20.1. The summed E-state index contributed by atoms with van der Waals surface area (Å²) in [7, 11) is 0. The second-order valence-corrected chi connectivity index (χ2v) is 5.35. The van der Waals surface area contributed by atoms with Crippen molar-refractivity contribution in [2.75, 3.05) is 24.6 Å². The van der Waals surface area contributed by atoms with E-state index in [4.69, 9.17) is 5.73 Å². The zero-order valence-electron chi connectivity index (χ0n) is 12.6. The Labute approximate surface area is 127 Å². The number of aliphatic hydroxyl groups is 1. The monoisotopic (exact) mass is 284 g/mol. The van der Waals surface area contributed by atoms with Crippen LogP contribution in [0.5, 0.6) is 0 Å². The lowest BCUT2D eigenvalue weighted by molar-refractivity contribution is 0.189. The summed E-state index contributed by atoms with van der Waals surface area (Å²) < 4.78 is 0. The lowest BCUT2D eigenvalue weighted by atomic mass is 9.88. The number of para-hydroxylation sites is 1. The van der Waals surface area contributed by atoms with Gasteiger partial charge in [-0.2, -0.15) is 0 Å². The fourth-order valence-corrected chi connectivity index (χ4v) is 2.53. The molecule has 1 unspecified atom stereocenters. The number of hydrogen-bond donors (Lipinski definition) is 2. The van der Waals surface area contributed by atoms with Gasteiger partial charge in [-0.15, -0.1) is 0 Å². The van der Waals surface area contributed by atoms with Crippen molar-refractivity contribution in [3.63, 3.8) is 0 Å². The molecule has 0 radical (unpaired) electrons. The van der Waals surface area contributed by atoms with Crippen molar-refractivity contribution >= 4 is 5.69 Å². The van der Waals surface area contributed by atoms with Crippen molar-refractivity contribution in [2.45, 2.75) is 18.9 Å². The third-order valence-corrected chi connectivity index (χ3v) is 3.96. The van der Waals surface area contributed by atoms with Gasteiger partial charge in [-0.1, -0.05) is 48.5 Å². The zero-order valence-corrected chi connectivity index (χ0v) is 12.6. The molecule has 0 heterocycles. The predicted octanol–water partition coefficient (Wildman–Crippen LogP) is 2.75. The van der Waals surface area contributed by atoms with Crippen LogP contribution >= 0.6 is 0 Å². The van der Waals surface area contributed by atoms with Gasteiger partial charge >= 0.3 is 0 Å². The number of aliphatic hydroxyl groups excluding tert-OH is 1. The van der Waals surface area contributed by atoms with Crippen LogP contribution in [0.1, 0.15) is 18.9 Å². The number of rotatable bonds is 7. The molecule has 3 N–H and O–H groups in total. The highest BCUT2D eigenvalue weighted by Crippen LogP contribution is 2.23. The van der Waals surface area contributed by atoms with Gasteiger partial charge in [0.1, 0.15) is 0 Å². The Morgan fingerprint density at radius 2 is 1.57 bits per heavy atom. The minimum atomic E-state index is -0.691. The van der Waals surface area contributed by atoms with E-state index < -0.39 is 5.54 Å². The Hall–Kier alpha value is -1.84. The average Bonchev–Trinajstić information content (AvgIpc) is 2.57. The minimum absolute atomic E-state index is 0.0522. The third-order valence-electron chi connectivity index (χ3n) is 3.96. The van der Waals surface area contributed by atoms with E-state index in [2.05, 4.69) is 24.0 Å². The molecule has 0 aliphatic carbocycles. The van der Waals surface area contributed by atoms with Crippen molar-refractivity contribution in [1.82, 2.24) is 0 Å². The molecule has 0 saturated carbocycles. The lowest BCUT2D eigenvalue weighted by Gasteiger charge is -2.32. The van der Waals surface area contributed by atoms with Crippen LogP contribution in [0.2, 0.25) is 0 Å². The standard InChI is InChI=1S/C18H24N2O/c1-2-20(17-11-7-4-8-12-17)14-13-18(19,15-21)16-9-5-3-6-10-16/h3-12,21H,2,13-15,19H2,1H3. The van der Waals surface area contributed by atoms with Gasteiger partial charge in [0.2, 0.25) is 0 Å². The van der Waals surface area contributed by atoms with Gasteiger partial charge in [0.15, 0.2) is 0 Å². The van der Waals surface area contributed by atoms with Crippen LogP contribution in [0.15, 0.2) is 60.7 Å². The summed E-state index contributed by atoms with van der Waals surface area (Å²) in [4.78, 5) is 2.28. The van der Waals surface area contributed by atoms with Gasteiger partial charge < -0.3 is 15.7 Å². The summed E-state index contributed by atoms with van der Waals surface area (Å²) in [5.74, 6) is 0. The number of anilines is 1. The first-order valence-corrected chi connectivity index (χ1v) is 7.45. The molecule has 112 valence electrons. The van der Waals surface area contributed by atoms with E-state index in [1.165, 1.54) is 5.69 Å². The van der Waals surface area contributed by atoms with Crippen molar-refractivity contribution in [2.24, 2.45) is 5.73 Å². The molecule has 2 aromatic rings. The topological polar surface area (TPSA) is 49.5 Å². The summed E-state index contributed by atoms with van der Waals surface area (Å²) in [5, 5.41) is 9.75. The Morgan fingerprint density at radius 1 is 1.00 bits per heavy atom. The molecule has 0 aliphatic heterocycles. The largest absolute Gasteiger partial charge is 0.394 e. The Morgan fingerprint density at radius 3 is 2.10 bits per heavy atom. The first kappa shape index (κ1) is 15.5. The molecule has 0 saturated heterocycles. The smallest absolute Gasteiger partial charge is 0.0661 e. The highest BCUT2D eigenvalue weighted by Gasteiger charge is 2.26. The van der Waals surface area contributed by atoms with Gasteiger partial charge in [-0.05, 0) is 31.0 Å². The summed E-state index contributed by atoms with van der Waals surface area (Å²) in [6.07, 6.45) is 0.705. The van der Waals surface area contributed by atoms with Crippen molar-refractivity contribution in [3.05, 3.63) is 66.2 Å². The molecule has 3 heteroatoms. The predicted molar refractivity (Wildman–Crippen MR) is 88.3 cm³/mol. The van der Waals surface area contributed by atoms with Crippen LogP contribution in [0.25, 0.3) is 0 Å². The molecule has 0 amide bonds. The second kappa shape index (κ2) is 7.25. The second-order valence-electron chi connectivity index (χ2n) is 5.35. The zero-order chi connectivity index (χ0) is 15.1. The van der Waals surface area contributed by atoms with Crippen LogP contribution in [0.3, 0.4) is 0 Å². The number of nitrogens with zero attached hydrogens (tertiary/aromatic N) is 1. The van der Waals surface area contributed by atoms with Crippen LogP contribution in [-0.4, -0.2) is 24.8 Å². The highest BCUT2D eigenvalue weighted by molar-refractivity contribution is 5.45. The molecule has 0 fully saturated rings. The van der Waals surface area contributed by atoms with E-state index in [9.17, 15) is 5.11 Å². The molecule has 2 rings (SSSR count). The molecule has 0 spiro atoms. The third kappa shape index (κ3) is 3.84. The summed E-state index contributed by atoms with van der Waals surface area (Å²) in [5.41, 5.74) is 7.90. The van der Waals surface area contributed by atoms with E-state index in [1.807, 2.05) is 48.5 Å². The van der Waals surface area contributed by atoms with Crippen molar-refractivity contribution in [3.8, 4) is 0 Å². The molecule has 3 nitrogen and oxygen atoms in total. The van der Waals surface area contributed by atoms with Gasteiger partial charge in [0.25, 0.3) is 0 Å². The maximum atomic E-state index is 9.75. The van der Waals surface area contributed by atoms with E-state index in [0.717, 1.165) is 18.7 Å². The summed E-state index contributed by atoms with van der Waals surface area (Å²) >= 11 is 0. The first-order chi connectivity index (χ1) is 10.2. The van der Waals surface area contributed by atoms with Crippen molar-refractivity contribution < 1.29 is 5.11 Å². The molecule has 2 aromatic carbocycles. The van der Waals surface area contributed by atoms with Gasteiger partial charge in [-0.3, -0.25) is 0 Å². The Bertz CT molecular complexity index is 529. The van der Waals surface area contributed by atoms with E-state index in [-0.39, 0.29) is 6.61 Å². The fraction of sp³-hybridized carbons (Fsp3) is 0.333. The maximum absolute atomic E-state index is 9.75. The quantitative estimate of drug-likeness (QED) is 0.822. The minimum Gasteiger partial charge on any atom is -0.394 e. The highest BCUT2D eigenvalue weighted by atomic mass is 16.3. The number of nitrogens with two attached hydrogens (primary N) is 1. The van der Waals surface area contributed by atoms with E-state index >= 15 is 0 Å². The molecular weight excluding hydrogens is 260 g/mol. The molecule has 0 aliphatic rings. The van der Waals surface area contributed by atoms with E-state index in [0.29, 0.717) is 6.42 Å². The Kier molecular flexibility index (Phi) is 5.37. The normalized spacial score (nSPS) is 13.7. The van der Waals surface area contributed by atoms with Crippen LogP contribution in [0.4, 0.5) is 5.69 Å². The van der Waals surface area contributed by atoms with E-state index in [1.54, 1.807) is 0 Å². The average molecular weight is 284 g/mol. The molecule has 21 heavy (non-hydrogen) atoms. The fourth-order valence-electron chi connectivity index (χ4n) is 2.53. The molecular formula is C18H24N2O. The molecule has 1 atom stereocenters. The lowest BCUT2D eigenvalue weighted by Crippen LogP contribution is -2.43. The van der Waals surface area contributed by atoms with Gasteiger partial charge in [-0.25, -0.2) is 0 Å². The van der Waals surface area contributed by atoms with Crippen LogP contribution in [-0.2, 0) is 5.54 Å².